The molecule has 0 aliphatic carbocycles. The maximum absolute atomic E-state index is 11.1. The Labute approximate surface area is 87.2 Å². The molecule has 0 radical (unpaired) electrons. The SMILES string of the molecule is COC(=O)c1cn(C[C@H]2CCOC2)nn1. The first-order valence-corrected chi connectivity index (χ1v) is 4.86. The van der Waals surface area contributed by atoms with Gasteiger partial charge >= 0.3 is 5.97 Å². The molecule has 0 bridgehead atoms. The normalized spacial score (nSPS) is 20.5. The second kappa shape index (κ2) is 4.39. The Balaban J connectivity index is 1.97. The van der Waals surface area contributed by atoms with Crippen molar-refractivity contribution in [1.29, 1.82) is 0 Å². The van der Waals surface area contributed by atoms with Crippen LogP contribution >= 0.6 is 0 Å². The minimum atomic E-state index is -0.455. The van der Waals surface area contributed by atoms with E-state index < -0.39 is 5.97 Å². The van der Waals surface area contributed by atoms with E-state index in [2.05, 4.69) is 15.0 Å². The Morgan fingerprint density at radius 3 is 3.33 bits per heavy atom. The molecule has 0 amide bonds. The summed E-state index contributed by atoms with van der Waals surface area (Å²) in [6.07, 6.45) is 2.64. The average Bonchev–Trinajstić information content (AvgIpc) is 2.88. The second-order valence-corrected chi connectivity index (χ2v) is 3.55. The summed E-state index contributed by atoms with van der Waals surface area (Å²) in [5, 5.41) is 7.59. The Kier molecular flexibility index (Phi) is 2.96. The van der Waals surface area contributed by atoms with Gasteiger partial charge in [-0.05, 0) is 6.42 Å². The molecule has 0 N–H and O–H groups in total. The Hall–Kier alpha value is -1.43. The van der Waals surface area contributed by atoms with Crippen molar-refractivity contribution in [3.8, 4) is 0 Å². The predicted octanol–water partition coefficient (Wildman–Crippen LogP) is 0.101. The van der Waals surface area contributed by atoms with Crippen molar-refractivity contribution in [1.82, 2.24) is 15.0 Å². The van der Waals surface area contributed by atoms with E-state index in [9.17, 15) is 4.79 Å². The van der Waals surface area contributed by atoms with Gasteiger partial charge in [0.2, 0.25) is 0 Å². The van der Waals surface area contributed by atoms with E-state index in [1.165, 1.54) is 7.11 Å². The number of esters is 1. The van der Waals surface area contributed by atoms with E-state index in [0.29, 0.717) is 5.92 Å². The lowest BCUT2D eigenvalue weighted by Gasteiger charge is -2.05. The summed E-state index contributed by atoms with van der Waals surface area (Å²) in [7, 11) is 1.33. The predicted molar refractivity (Wildman–Crippen MR) is 50.3 cm³/mol. The van der Waals surface area contributed by atoms with Crippen LogP contribution in [0.1, 0.15) is 16.9 Å². The van der Waals surface area contributed by atoms with Crippen molar-refractivity contribution in [2.24, 2.45) is 5.92 Å². The van der Waals surface area contributed by atoms with Crippen LogP contribution in [0, 0.1) is 5.92 Å². The van der Waals surface area contributed by atoms with E-state index in [1.807, 2.05) is 0 Å². The van der Waals surface area contributed by atoms with Gasteiger partial charge in [0.1, 0.15) is 0 Å². The lowest BCUT2D eigenvalue weighted by molar-refractivity contribution is 0.0594. The van der Waals surface area contributed by atoms with Crippen molar-refractivity contribution in [3.05, 3.63) is 11.9 Å². The number of hydrogen-bond acceptors (Lipinski definition) is 5. The van der Waals surface area contributed by atoms with E-state index in [-0.39, 0.29) is 5.69 Å². The first kappa shape index (κ1) is 10.1. The molecular formula is C9H13N3O3. The minimum Gasteiger partial charge on any atom is -0.464 e. The maximum atomic E-state index is 11.1. The lowest BCUT2D eigenvalue weighted by atomic mass is 10.1. The van der Waals surface area contributed by atoms with Crippen LogP contribution in [0.5, 0.6) is 0 Å². The first-order chi connectivity index (χ1) is 7.29. The molecular weight excluding hydrogens is 198 g/mol. The highest BCUT2D eigenvalue weighted by molar-refractivity contribution is 5.86. The van der Waals surface area contributed by atoms with Crippen LogP contribution < -0.4 is 0 Å². The van der Waals surface area contributed by atoms with Crippen LogP contribution in [-0.4, -0.2) is 41.3 Å². The third kappa shape index (κ3) is 2.33. The summed E-state index contributed by atoms with van der Waals surface area (Å²) in [4.78, 5) is 11.1. The largest absolute Gasteiger partial charge is 0.464 e. The zero-order valence-electron chi connectivity index (χ0n) is 8.55. The maximum Gasteiger partial charge on any atom is 0.360 e. The number of hydrogen-bond donors (Lipinski definition) is 0. The smallest absolute Gasteiger partial charge is 0.360 e. The summed E-state index contributed by atoms with van der Waals surface area (Å²) >= 11 is 0. The van der Waals surface area contributed by atoms with Crippen LogP contribution in [-0.2, 0) is 16.0 Å². The molecule has 6 nitrogen and oxygen atoms in total. The van der Waals surface area contributed by atoms with Crippen LogP contribution in [0.4, 0.5) is 0 Å². The Morgan fingerprint density at radius 2 is 2.67 bits per heavy atom. The van der Waals surface area contributed by atoms with Crippen LogP contribution in [0.15, 0.2) is 6.20 Å². The average molecular weight is 211 g/mol. The number of ether oxygens (including phenoxy) is 2. The molecule has 2 heterocycles. The topological polar surface area (TPSA) is 66.2 Å². The fourth-order valence-electron chi connectivity index (χ4n) is 1.58. The molecule has 1 fully saturated rings. The van der Waals surface area contributed by atoms with Gasteiger partial charge in [0.25, 0.3) is 0 Å². The Morgan fingerprint density at radius 1 is 1.80 bits per heavy atom. The number of methoxy groups -OCH3 is 1. The molecule has 0 unspecified atom stereocenters. The van der Waals surface area contributed by atoms with Gasteiger partial charge in [0.15, 0.2) is 5.69 Å². The minimum absolute atomic E-state index is 0.247. The molecule has 0 aromatic carbocycles. The number of carbonyl (C=O) groups is 1. The van der Waals surface area contributed by atoms with Crippen LogP contribution in [0.3, 0.4) is 0 Å². The molecule has 1 atom stereocenters. The van der Waals surface area contributed by atoms with Crippen LogP contribution in [0.25, 0.3) is 0 Å². The molecule has 1 saturated heterocycles. The third-order valence-electron chi connectivity index (χ3n) is 2.40. The van der Waals surface area contributed by atoms with Gasteiger partial charge in [-0.25, -0.2) is 4.79 Å². The van der Waals surface area contributed by atoms with Gasteiger partial charge in [0.05, 0.1) is 19.9 Å². The number of nitrogens with zero attached hydrogens (tertiary/aromatic N) is 3. The van der Waals surface area contributed by atoms with Gasteiger partial charge < -0.3 is 9.47 Å². The quantitative estimate of drug-likeness (QED) is 0.663. The van der Waals surface area contributed by atoms with E-state index in [0.717, 1.165) is 26.2 Å². The standard InChI is InChI=1S/C9H13N3O3/c1-14-9(13)8-5-12(11-10-8)4-7-2-3-15-6-7/h5,7H,2-4,6H2,1H3/t7-/m1/s1. The van der Waals surface area contributed by atoms with Gasteiger partial charge in [0, 0.05) is 19.1 Å². The van der Waals surface area contributed by atoms with Crippen LogP contribution in [0.2, 0.25) is 0 Å². The molecule has 82 valence electrons. The molecule has 0 saturated carbocycles. The first-order valence-electron chi connectivity index (χ1n) is 4.86. The molecule has 15 heavy (non-hydrogen) atoms. The summed E-state index contributed by atoms with van der Waals surface area (Å²) in [5.41, 5.74) is 0.247. The summed E-state index contributed by atoms with van der Waals surface area (Å²) in [5.74, 6) is 0.0149. The Bertz CT molecular complexity index is 344. The molecule has 1 aromatic rings. The molecule has 2 rings (SSSR count). The van der Waals surface area contributed by atoms with Gasteiger partial charge in [-0.3, -0.25) is 4.68 Å². The molecule has 0 spiro atoms. The van der Waals surface area contributed by atoms with Crippen molar-refractivity contribution in [3.63, 3.8) is 0 Å². The summed E-state index contributed by atoms with van der Waals surface area (Å²) in [6, 6.07) is 0. The fraction of sp³-hybridized carbons (Fsp3) is 0.667. The van der Waals surface area contributed by atoms with E-state index in [4.69, 9.17) is 4.74 Å². The number of aromatic nitrogens is 3. The van der Waals surface area contributed by atoms with Crippen molar-refractivity contribution < 1.29 is 14.3 Å². The van der Waals surface area contributed by atoms with Crippen molar-refractivity contribution >= 4 is 5.97 Å². The second-order valence-electron chi connectivity index (χ2n) is 3.55. The fourth-order valence-corrected chi connectivity index (χ4v) is 1.58. The highest BCUT2D eigenvalue weighted by Crippen LogP contribution is 2.14. The highest BCUT2D eigenvalue weighted by atomic mass is 16.5. The lowest BCUT2D eigenvalue weighted by Crippen LogP contribution is -2.11. The highest BCUT2D eigenvalue weighted by Gasteiger charge is 2.18. The number of rotatable bonds is 3. The zero-order chi connectivity index (χ0) is 10.7. The van der Waals surface area contributed by atoms with Crippen molar-refractivity contribution in [2.75, 3.05) is 20.3 Å². The van der Waals surface area contributed by atoms with Gasteiger partial charge in [-0.15, -0.1) is 5.10 Å². The molecule has 1 aliphatic heterocycles. The summed E-state index contributed by atoms with van der Waals surface area (Å²) < 4.78 is 11.5. The third-order valence-corrected chi connectivity index (χ3v) is 2.40. The van der Waals surface area contributed by atoms with Gasteiger partial charge in [-0.1, -0.05) is 5.21 Å². The molecule has 1 aliphatic rings. The monoisotopic (exact) mass is 211 g/mol. The molecule has 1 aromatic heterocycles. The van der Waals surface area contributed by atoms with Crippen molar-refractivity contribution in [2.45, 2.75) is 13.0 Å². The number of carbonyl (C=O) groups excluding carboxylic acids is 1. The van der Waals surface area contributed by atoms with Gasteiger partial charge in [-0.2, -0.15) is 0 Å². The zero-order valence-corrected chi connectivity index (χ0v) is 8.55. The van der Waals surface area contributed by atoms with E-state index in [1.54, 1.807) is 10.9 Å². The van der Waals surface area contributed by atoms with E-state index >= 15 is 0 Å². The molecule has 6 heteroatoms. The summed E-state index contributed by atoms with van der Waals surface area (Å²) in [6.45, 7) is 2.31.